The van der Waals surface area contributed by atoms with Gasteiger partial charge in [0.05, 0.1) is 17.0 Å². The average Bonchev–Trinajstić information content (AvgIpc) is 3.23. The van der Waals surface area contributed by atoms with E-state index < -0.39 is 0 Å². The fourth-order valence-electron chi connectivity index (χ4n) is 4.61. The van der Waals surface area contributed by atoms with Gasteiger partial charge in [-0.05, 0) is 50.8 Å². The number of pyridine rings is 1. The highest BCUT2D eigenvalue weighted by Crippen LogP contribution is 2.37. The van der Waals surface area contributed by atoms with E-state index in [9.17, 15) is 5.11 Å². The van der Waals surface area contributed by atoms with Gasteiger partial charge in [0.1, 0.15) is 17.9 Å². The van der Waals surface area contributed by atoms with Gasteiger partial charge >= 0.3 is 0 Å². The van der Waals surface area contributed by atoms with Crippen molar-refractivity contribution in [2.75, 3.05) is 0 Å². The van der Waals surface area contributed by atoms with Crippen LogP contribution in [0.15, 0.2) is 48.7 Å². The first-order valence-corrected chi connectivity index (χ1v) is 10.1. The highest BCUT2D eigenvalue weighted by atomic mass is 16.3. The molecule has 7 heteroatoms. The summed E-state index contributed by atoms with van der Waals surface area (Å²) in [7, 11) is 0. The molecule has 0 spiro atoms. The summed E-state index contributed by atoms with van der Waals surface area (Å²) in [4.78, 5) is 8.39. The summed E-state index contributed by atoms with van der Waals surface area (Å²) in [6.45, 7) is 2.32. The number of aromatic hydroxyl groups is 1. The Morgan fingerprint density at radius 3 is 2.97 bits per heavy atom. The first kappa shape index (κ1) is 18.0. The Labute approximate surface area is 169 Å². The van der Waals surface area contributed by atoms with Crippen LogP contribution in [0.1, 0.15) is 44.7 Å². The average molecular weight is 388 g/mol. The summed E-state index contributed by atoms with van der Waals surface area (Å²) in [5.41, 5.74) is 3.67. The van der Waals surface area contributed by atoms with E-state index in [1.807, 2.05) is 12.1 Å². The van der Waals surface area contributed by atoms with Crippen molar-refractivity contribution in [3.05, 3.63) is 54.4 Å². The van der Waals surface area contributed by atoms with Crippen LogP contribution in [-0.4, -0.2) is 41.4 Å². The molecule has 2 bridgehead atoms. The third kappa shape index (κ3) is 3.65. The molecule has 2 atom stereocenters. The van der Waals surface area contributed by atoms with Gasteiger partial charge in [0, 0.05) is 36.2 Å². The van der Waals surface area contributed by atoms with Gasteiger partial charge in [-0.2, -0.15) is 5.10 Å². The van der Waals surface area contributed by atoms with Crippen molar-refractivity contribution in [1.29, 1.82) is 0 Å². The van der Waals surface area contributed by atoms with Gasteiger partial charge in [0.15, 0.2) is 0 Å². The lowest BCUT2D eigenvalue weighted by Gasteiger charge is -2.45. The van der Waals surface area contributed by atoms with E-state index in [1.165, 1.54) is 24.8 Å². The summed E-state index contributed by atoms with van der Waals surface area (Å²) in [5.74, 6) is 0.714. The number of piperidine rings is 2. The molecule has 2 N–H and O–H groups in total. The molecule has 0 radical (unpaired) electrons. The van der Waals surface area contributed by atoms with Crippen molar-refractivity contribution >= 4 is 6.08 Å². The second-order valence-corrected chi connectivity index (χ2v) is 8.35. The normalized spacial score (nSPS) is 25.3. The molecule has 5 heterocycles. The van der Waals surface area contributed by atoms with Gasteiger partial charge in [-0.1, -0.05) is 12.0 Å². The third-order valence-corrected chi connectivity index (χ3v) is 5.91. The fourth-order valence-corrected chi connectivity index (χ4v) is 4.61. The zero-order chi connectivity index (χ0) is 19.8. The fraction of sp³-hybridized carbons (Fsp3) is 0.364. The molecular formula is C22H24N6O. The van der Waals surface area contributed by atoms with E-state index >= 15 is 0 Å². The van der Waals surface area contributed by atoms with E-state index in [0.29, 0.717) is 23.1 Å². The monoisotopic (exact) mass is 388 g/mol. The molecule has 0 amide bonds. The molecule has 29 heavy (non-hydrogen) atoms. The Morgan fingerprint density at radius 2 is 2.24 bits per heavy atom. The third-order valence-electron chi connectivity index (χ3n) is 5.91. The van der Waals surface area contributed by atoms with Crippen LogP contribution >= 0.6 is 0 Å². The Morgan fingerprint density at radius 1 is 1.31 bits per heavy atom. The van der Waals surface area contributed by atoms with Gasteiger partial charge in [-0.3, -0.25) is 4.57 Å². The van der Waals surface area contributed by atoms with Crippen LogP contribution in [0.4, 0.5) is 0 Å². The van der Waals surface area contributed by atoms with Gasteiger partial charge in [0.2, 0.25) is 0 Å². The zero-order valence-electron chi connectivity index (χ0n) is 16.4. The van der Waals surface area contributed by atoms with Gasteiger partial charge in [-0.15, -0.1) is 5.10 Å². The molecule has 3 aromatic rings. The van der Waals surface area contributed by atoms with Gasteiger partial charge in [0.25, 0.3) is 0 Å². The summed E-state index contributed by atoms with van der Waals surface area (Å²) < 4.78 is 1.74. The van der Waals surface area contributed by atoms with Crippen LogP contribution in [0, 0.1) is 0 Å². The molecule has 2 aliphatic rings. The minimum absolute atomic E-state index is 0.114. The first-order chi connectivity index (χ1) is 14.1. The van der Waals surface area contributed by atoms with E-state index in [4.69, 9.17) is 0 Å². The topological polar surface area (TPSA) is 88.8 Å². The minimum Gasteiger partial charge on any atom is -0.507 e. The molecule has 0 saturated carbocycles. The lowest BCUT2D eigenvalue weighted by atomic mass is 9.75. The molecule has 0 unspecified atom stereocenters. The smallest absolute Gasteiger partial charge is 0.141 e. The molecule has 7 nitrogen and oxygen atoms in total. The lowest BCUT2D eigenvalue weighted by molar-refractivity contribution is 0.192. The van der Waals surface area contributed by atoms with Crippen LogP contribution in [0.5, 0.6) is 5.75 Å². The van der Waals surface area contributed by atoms with Crippen LogP contribution in [0.25, 0.3) is 23.2 Å². The number of rotatable bonds is 3. The van der Waals surface area contributed by atoms with E-state index in [2.05, 4.69) is 38.5 Å². The number of fused-ring (bicyclic) bond motifs is 2. The van der Waals surface area contributed by atoms with Gasteiger partial charge < -0.3 is 10.4 Å². The van der Waals surface area contributed by atoms with Crippen molar-refractivity contribution in [3.8, 4) is 22.8 Å². The molecule has 2 fully saturated rings. The molecule has 0 aromatic carbocycles. The van der Waals surface area contributed by atoms with E-state index in [-0.39, 0.29) is 11.3 Å². The molecule has 3 aromatic heterocycles. The maximum atomic E-state index is 10.4. The molecule has 2 saturated heterocycles. The standard InChI is InChI=1S/C22H24N6O/c1-22-6-2-3-16(25-22)9-15(12-22)10-17-4-5-19(27-26-17)18-13-24-21(11-20(18)29)28-8-7-23-14-28/h4-5,7-8,10-11,13-14,16,25H,2-3,6,9,12H2,1H3,(H,24,29)/b15-10+/t16-,22+/m0/s1. The highest BCUT2D eigenvalue weighted by Gasteiger charge is 2.36. The lowest BCUT2D eigenvalue weighted by Crippen LogP contribution is -2.55. The summed E-state index contributed by atoms with van der Waals surface area (Å²) >= 11 is 0. The molecule has 148 valence electrons. The summed E-state index contributed by atoms with van der Waals surface area (Å²) in [6, 6.07) is 6.02. The second-order valence-electron chi connectivity index (χ2n) is 8.35. The van der Waals surface area contributed by atoms with Crippen LogP contribution in [-0.2, 0) is 0 Å². The molecule has 5 rings (SSSR count). The van der Waals surface area contributed by atoms with Crippen molar-refractivity contribution in [3.63, 3.8) is 0 Å². The van der Waals surface area contributed by atoms with Crippen molar-refractivity contribution in [2.45, 2.75) is 50.6 Å². The molecule has 0 aliphatic carbocycles. The number of nitrogens with one attached hydrogen (secondary N) is 1. The van der Waals surface area contributed by atoms with Crippen molar-refractivity contribution < 1.29 is 5.11 Å². The Kier molecular flexibility index (Phi) is 4.39. The summed E-state index contributed by atoms with van der Waals surface area (Å²) in [5, 5.41) is 22.9. The summed E-state index contributed by atoms with van der Waals surface area (Å²) in [6.07, 6.45) is 14.8. The van der Waals surface area contributed by atoms with Crippen LogP contribution in [0.3, 0.4) is 0 Å². The minimum atomic E-state index is 0.114. The largest absolute Gasteiger partial charge is 0.507 e. The first-order valence-electron chi connectivity index (χ1n) is 10.1. The number of imidazole rings is 1. The predicted molar refractivity (Wildman–Crippen MR) is 110 cm³/mol. The highest BCUT2D eigenvalue weighted by molar-refractivity contribution is 5.67. The Hall–Kier alpha value is -3.06. The zero-order valence-corrected chi connectivity index (χ0v) is 16.4. The molecular weight excluding hydrogens is 364 g/mol. The predicted octanol–water partition coefficient (Wildman–Crippen LogP) is 3.51. The number of nitrogens with zero attached hydrogens (tertiary/aromatic N) is 5. The number of hydrogen-bond donors (Lipinski definition) is 2. The van der Waals surface area contributed by atoms with Crippen LogP contribution in [0.2, 0.25) is 0 Å². The maximum absolute atomic E-state index is 10.4. The van der Waals surface area contributed by atoms with Crippen molar-refractivity contribution in [2.24, 2.45) is 0 Å². The second kappa shape index (κ2) is 7.08. The van der Waals surface area contributed by atoms with E-state index in [0.717, 1.165) is 18.5 Å². The number of aromatic nitrogens is 5. The maximum Gasteiger partial charge on any atom is 0.141 e. The van der Waals surface area contributed by atoms with E-state index in [1.54, 1.807) is 35.6 Å². The Balaban J connectivity index is 1.37. The van der Waals surface area contributed by atoms with Gasteiger partial charge in [-0.25, -0.2) is 9.97 Å². The quantitative estimate of drug-likeness (QED) is 0.714. The Bertz CT molecular complexity index is 1040. The van der Waals surface area contributed by atoms with Crippen molar-refractivity contribution in [1.82, 2.24) is 30.0 Å². The SMILES string of the molecule is C[C@@]12CCC[C@@H](C/C(=C\c3ccc(-c4cnc(-n5ccnc5)cc4O)nn3)C1)N2. The number of hydrogen-bond acceptors (Lipinski definition) is 6. The molecule has 2 aliphatic heterocycles. The van der Waals surface area contributed by atoms with Crippen LogP contribution < -0.4 is 5.32 Å².